The van der Waals surface area contributed by atoms with Crippen molar-refractivity contribution in [3.8, 4) is 11.3 Å². The number of benzene rings is 2. The van der Waals surface area contributed by atoms with E-state index in [9.17, 15) is 13.6 Å². The Balaban J connectivity index is 1.55. The third-order valence-electron chi connectivity index (χ3n) is 4.32. The zero-order chi connectivity index (χ0) is 19.0. The minimum absolute atomic E-state index is 0.0498. The van der Waals surface area contributed by atoms with E-state index >= 15 is 0 Å². The third-order valence-corrected chi connectivity index (χ3v) is 4.32. The van der Waals surface area contributed by atoms with Crippen LogP contribution in [0.2, 0.25) is 0 Å². The Morgan fingerprint density at radius 1 is 1.00 bits per heavy atom. The molecule has 4 nitrogen and oxygen atoms in total. The number of carbonyl (C=O) groups is 1. The van der Waals surface area contributed by atoms with E-state index in [1.165, 1.54) is 6.07 Å². The fourth-order valence-corrected chi connectivity index (χ4v) is 2.85. The molecule has 0 spiro atoms. The summed E-state index contributed by atoms with van der Waals surface area (Å²) < 4.78 is 28.3. The van der Waals surface area contributed by atoms with E-state index in [0.29, 0.717) is 5.69 Å². The summed E-state index contributed by atoms with van der Waals surface area (Å²) >= 11 is 0. The molecular formula is C21H15F2N3O. The highest BCUT2D eigenvalue weighted by Crippen LogP contribution is 2.22. The van der Waals surface area contributed by atoms with Crippen LogP contribution in [0.1, 0.15) is 16.1 Å². The zero-order valence-electron chi connectivity index (χ0n) is 14.4. The van der Waals surface area contributed by atoms with Crippen LogP contribution in [-0.2, 0) is 0 Å². The van der Waals surface area contributed by atoms with Gasteiger partial charge in [0.1, 0.15) is 5.65 Å². The lowest BCUT2D eigenvalue weighted by Crippen LogP contribution is -2.12. The van der Waals surface area contributed by atoms with Crippen molar-refractivity contribution < 1.29 is 13.6 Å². The largest absolute Gasteiger partial charge is 0.322 e. The van der Waals surface area contributed by atoms with Crippen LogP contribution in [0.5, 0.6) is 0 Å². The third kappa shape index (κ3) is 3.29. The number of nitrogens with one attached hydrogen (secondary N) is 1. The summed E-state index contributed by atoms with van der Waals surface area (Å²) in [4.78, 5) is 16.8. The molecule has 134 valence electrons. The number of anilines is 1. The number of hydrogen-bond donors (Lipinski definition) is 1. The minimum atomic E-state index is -1.06. The molecule has 0 unspecified atom stereocenters. The van der Waals surface area contributed by atoms with Crippen molar-refractivity contribution in [3.05, 3.63) is 89.8 Å². The average Bonchev–Trinajstić information content (AvgIpc) is 3.10. The fraction of sp³-hybridized carbons (Fsp3) is 0.0476. The number of carbonyl (C=O) groups excluding carboxylic acids is 1. The maximum absolute atomic E-state index is 13.3. The first-order valence-electron chi connectivity index (χ1n) is 8.33. The van der Waals surface area contributed by atoms with Gasteiger partial charge in [-0.2, -0.15) is 0 Å². The van der Waals surface area contributed by atoms with Gasteiger partial charge in [0.2, 0.25) is 0 Å². The van der Waals surface area contributed by atoms with E-state index in [4.69, 9.17) is 0 Å². The molecule has 27 heavy (non-hydrogen) atoms. The van der Waals surface area contributed by atoms with Gasteiger partial charge < -0.3 is 9.72 Å². The molecule has 0 saturated heterocycles. The monoisotopic (exact) mass is 363 g/mol. The van der Waals surface area contributed by atoms with Crippen molar-refractivity contribution in [1.82, 2.24) is 9.38 Å². The van der Waals surface area contributed by atoms with E-state index in [-0.39, 0.29) is 5.56 Å². The summed E-state index contributed by atoms with van der Waals surface area (Å²) in [5, 5.41) is 2.67. The topological polar surface area (TPSA) is 46.4 Å². The lowest BCUT2D eigenvalue weighted by Gasteiger charge is -2.06. The molecule has 4 rings (SSSR count). The van der Waals surface area contributed by atoms with Crippen LogP contribution >= 0.6 is 0 Å². The first-order chi connectivity index (χ1) is 13.0. The number of rotatable bonds is 3. The van der Waals surface area contributed by atoms with Crippen LogP contribution in [0.4, 0.5) is 14.5 Å². The van der Waals surface area contributed by atoms with Crippen molar-refractivity contribution in [3.63, 3.8) is 0 Å². The van der Waals surface area contributed by atoms with Gasteiger partial charge in [-0.05, 0) is 49.4 Å². The van der Waals surface area contributed by atoms with Crippen LogP contribution in [0.25, 0.3) is 16.9 Å². The molecule has 0 aliphatic carbocycles. The van der Waals surface area contributed by atoms with Crippen LogP contribution in [0, 0.1) is 18.6 Å². The van der Waals surface area contributed by atoms with Crippen molar-refractivity contribution in [2.45, 2.75) is 6.92 Å². The fourth-order valence-electron chi connectivity index (χ4n) is 2.85. The van der Waals surface area contributed by atoms with Gasteiger partial charge in [0.25, 0.3) is 5.91 Å². The summed E-state index contributed by atoms with van der Waals surface area (Å²) in [6.45, 7) is 2.01. The lowest BCUT2D eigenvalue weighted by molar-refractivity contribution is 0.102. The summed E-state index contributed by atoms with van der Waals surface area (Å²) in [5.74, 6) is -2.55. The van der Waals surface area contributed by atoms with E-state index in [2.05, 4.69) is 10.3 Å². The number of fused-ring (bicyclic) bond motifs is 1. The predicted molar refractivity (Wildman–Crippen MR) is 99.7 cm³/mol. The van der Waals surface area contributed by atoms with Gasteiger partial charge >= 0.3 is 0 Å². The summed E-state index contributed by atoms with van der Waals surface area (Å²) in [7, 11) is 0. The van der Waals surface area contributed by atoms with Crippen molar-refractivity contribution in [1.29, 1.82) is 0 Å². The molecule has 1 amide bonds. The van der Waals surface area contributed by atoms with Gasteiger partial charge in [-0.15, -0.1) is 0 Å². The second-order valence-electron chi connectivity index (χ2n) is 6.18. The zero-order valence-corrected chi connectivity index (χ0v) is 14.4. The molecule has 0 aliphatic rings. The first kappa shape index (κ1) is 16.9. The van der Waals surface area contributed by atoms with Crippen LogP contribution in [0.15, 0.2) is 66.9 Å². The number of nitrogens with zero attached hydrogens (tertiary/aromatic N) is 2. The highest BCUT2D eigenvalue weighted by molar-refractivity contribution is 6.04. The Kier molecular flexibility index (Phi) is 4.16. The second kappa shape index (κ2) is 6.64. The van der Waals surface area contributed by atoms with Gasteiger partial charge in [-0.3, -0.25) is 4.79 Å². The smallest absolute Gasteiger partial charge is 0.255 e. The maximum atomic E-state index is 13.3. The van der Waals surface area contributed by atoms with Crippen molar-refractivity contribution in [2.75, 3.05) is 5.32 Å². The quantitative estimate of drug-likeness (QED) is 0.566. The second-order valence-corrected chi connectivity index (χ2v) is 6.18. The molecule has 2 aromatic heterocycles. The molecule has 2 aromatic carbocycles. The van der Waals surface area contributed by atoms with Gasteiger partial charge in [0.15, 0.2) is 11.6 Å². The summed E-state index contributed by atoms with van der Waals surface area (Å²) in [5.41, 5.74) is 4.27. The Bertz CT molecular complexity index is 1150. The number of aryl methyl sites for hydroxylation is 1. The Hall–Kier alpha value is -3.54. The van der Waals surface area contributed by atoms with Crippen molar-refractivity contribution >= 4 is 17.2 Å². The number of halogens is 2. The lowest BCUT2D eigenvalue weighted by atomic mass is 10.1. The standard InChI is InChI=1S/C21H15F2N3O/c1-13-3-2-4-20-25-19(12-26(13)20)14-5-8-16(9-6-14)24-21(27)15-7-10-17(22)18(23)11-15/h2-12H,1H3,(H,24,27). The van der Waals surface area contributed by atoms with Crippen molar-refractivity contribution in [2.24, 2.45) is 0 Å². The molecule has 0 fully saturated rings. The minimum Gasteiger partial charge on any atom is -0.322 e. The SMILES string of the molecule is Cc1cccc2nc(-c3ccc(NC(=O)c4ccc(F)c(F)c4)cc3)cn12. The van der Waals surface area contributed by atoms with E-state index in [0.717, 1.165) is 34.7 Å². The first-order valence-corrected chi connectivity index (χ1v) is 8.33. The highest BCUT2D eigenvalue weighted by atomic mass is 19.2. The molecule has 0 aliphatic heterocycles. The van der Waals surface area contributed by atoms with Gasteiger partial charge in [-0.25, -0.2) is 13.8 Å². The molecule has 0 atom stereocenters. The number of imidazole rings is 1. The molecule has 0 bridgehead atoms. The molecule has 1 N–H and O–H groups in total. The molecule has 4 aromatic rings. The molecular weight excluding hydrogens is 348 g/mol. The van der Waals surface area contributed by atoms with Gasteiger partial charge in [-0.1, -0.05) is 18.2 Å². The van der Waals surface area contributed by atoms with Crippen LogP contribution in [0.3, 0.4) is 0 Å². The van der Waals surface area contributed by atoms with E-state index in [1.807, 2.05) is 47.9 Å². The molecule has 0 saturated carbocycles. The summed E-state index contributed by atoms with van der Waals surface area (Å²) in [6.07, 6.45) is 1.96. The number of aromatic nitrogens is 2. The normalized spacial score (nSPS) is 10.9. The van der Waals surface area contributed by atoms with Gasteiger partial charge in [0.05, 0.1) is 5.69 Å². The molecule has 6 heteroatoms. The number of amides is 1. The van der Waals surface area contributed by atoms with Crippen LogP contribution < -0.4 is 5.32 Å². The Labute approximate surface area is 154 Å². The number of hydrogen-bond acceptors (Lipinski definition) is 2. The Morgan fingerprint density at radius 2 is 1.78 bits per heavy atom. The summed E-state index contributed by atoms with van der Waals surface area (Å²) in [6, 6.07) is 16.1. The number of pyridine rings is 1. The Morgan fingerprint density at radius 3 is 2.48 bits per heavy atom. The van der Waals surface area contributed by atoms with E-state index < -0.39 is 17.5 Å². The highest BCUT2D eigenvalue weighted by Gasteiger charge is 2.11. The van der Waals surface area contributed by atoms with E-state index in [1.54, 1.807) is 12.1 Å². The van der Waals surface area contributed by atoms with Crippen LogP contribution in [-0.4, -0.2) is 15.3 Å². The predicted octanol–water partition coefficient (Wildman–Crippen LogP) is 4.84. The maximum Gasteiger partial charge on any atom is 0.255 e. The van der Waals surface area contributed by atoms with Gasteiger partial charge in [0, 0.05) is 28.7 Å². The molecule has 0 radical (unpaired) electrons. The molecule has 2 heterocycles. The average molecular weight is 363 g/mol.